The van der Waals surface area contributed by atoms with Crippen LogP contribution >= 0.6 is 24.0 Å². The number of nitrogens with one attached hydrogen (secondary N) is 1. The Labute approximate surface area is 180 Å². The normalized spacial score (nSPS) is 26.3. The molecule has 4 aliphatic rings. The lowest BCUT2D eigenvalue weighted by Gasteiger charge is -2.37. The van der Waals surface area contributed by atoms with Crippen molar-refractivity contribution in [2.45, 2.75) is 51.6 Å². The second-order valence-electron chi connectivity index (χ2n) is 8.35. The molecule has 4 fully saturated rings. The van der Waals surface area contributed by atoms with E-state index in [4.69, 9.17) is 9.73 Å². The number of guanidine groups is 1. The molecule has 0 spiro atoms. The second kappa shape index (κ2) is 9.76. The fourth-order valence-corrected chi connectivity index (χ4v) is 4.46. The van der Waals surface area contributed by atoms with Crippen LogP contribution in [0.25, 0.3) is 0 Å². The van der Waals surface area contributed by atoms with Crippen LogP contribution in [-0.2, 0) is 9.53 Å². The van der Waals surface area contributed by atoms with Crippen LogP contribution < -0.4 is 5.32 Å². The van der Waals surface area contributed by atoms with E-state index in [-0.39, 0.29) is 36.0 Å². The summed E-state index contributed by atoms with van der Waals surface area (Å²) < 4.78 is 5.56. The van der Waals surface area contributed by atoms with E-state index in [1.807, 2.05) is 4.90 Å². The van der Waals surface area contributed by atoms with Crippen LogP contribution in [0.15, 0.2) is 4.99 Å². The number of hydrogen-bond acceptors (Lipinski definition) is 3. The maximum atomic E-state index is 12.5. The molecule has 6 nitrogen and oxygen atoms in total. The topological polar surface area (TPSA) is 57.2 Å². The van der Waals surface area contributed by atoms with E-state index in [1.165, 1.54) is 25.7 Å². The summed E-state index contributed by atoms with van der Waals surface area (Å²) in [5.41, 5.74) is 0. The number of carbonyl (C=O) groups excluding carboxylic acids is 1. The molecule has 1 N–H and O–H groups in total. The van der Waals surface area contributed by atoms with Gasteiger partial charge in [0.15, 0.2) is 5.96 Å². The Hall–Kier alpha value is -0.570. The molecule has 154 valence electrons. The zero-order chi connectivity index (χ0) is 17.9. The molecule has 1 unspecified atom stereocenters. The SMILES string of the molecule is CCNC(=NCC(C1CC1)C1CC1)N1CCN(C(=O)C2CCCO2)CC1.I. The number of ether oxygens (including phenoxy) is 1. The van der Waals surface area contributed by atoms with Crippen molar-refractivity contribution in [3.8, 4) is 0 Å². The van der Waals surface area contributed by atoms with Gasteiger partial charge >= 0.3 is 0 Å². The Morgan fingerprint density at radius 3 is 2.22 bits per heavy atom. The average molecular weight is 490 g/mol. The van der Waals surface area contributed by atoms with Crippen LogP contribution in [0.5, 0.6) is 0 Å². The number of rotatable bonds is 6. The first-order chi connectivity index (χ1) is 12.8. The minimum absolute atomic E-state index is 0. The van der Waals surface area contributed by atoms with E-state index in [9.17, 15) is 4.79 Å². The number of amides is 1. The molecular weight excluding hydrogens is 455 g/mol. The van der Waals surface area contributed by atoms with Gasteiger partial charge in [0.2, 0.25) is 0 Å². The number of carbonyl (C=O) groups is 1. The smallest absolute Gasteiger partial charge is 0.251 e. The van der Waals surface area contributed by atoms with Gasteiger partial charge in [0.1, 0.15) is 6.10 Å². The van der Waals surface area contributed by atoms with Gasteiger partial charge in [0.25, 0.3) is 5.91 Å². The van der Waals surface area contributed by atoms with Crippen molar-refractivity contribution in [2.24, 2.45) is 22.7 Å². The third-order valence-electron chi connectivity index (χ3n) is 6.34. The van der Waals surface area contributed by atoms with Crippen LogP contribution in [0.4, 0.5) is 0 Å². The molecule has 2 heterocycles. The van der Waals surface area contributed by atoms with Crippen molar-refractivity contribution in [1.29, 1.82) is 0 Å². The van der Waals surface area contributed by atoms with Gasteiger partial charge in [-0.2, -0.15) is 0 Å². The van der Waals surface area contributed by atoms with Gasteiger partial charge in [-0.05, 0) is 63.2 Å². The van der Waals surface area contributed by atoms with Gasteiger partial charge in [0, 0.05) is 45.9 Å². The molecule has 0 bridgehead atoms. The number of hydrogen-bond donors (Lipinski definition) is 1. The van der Waals surface area contributed by atoms with Crippen LogP contribution in [0.2, 0.25) is 0 Å². The second-order valence-corrected chi connectivity index (χ2v) is 8.35. The largest absolute Gasteiger partial charge is 0.368 e. The molecule has 2 saturated heterocycles. The predicted molar refractivity (Wildman–Crippen MR) is 117 cm³/mol. The highest BCUT2D eigenvalue weighted by Gasteiger charge is 2.41. The Balaban J connectivity index is 0.00000210. The van der Waals surface area contributed by atoms with Gasteiger partial charge in [-0.1, -0.05) is 0 Å². The molecule has 0 aromatic heterocycles. The Bertz CT molecular complexity index is 510. The van der Waals surface area contributed by atoms with Gasteiger partial charge < -0.3 is 19.9 Å². The molecule has 0 radical (unpaired) electrons. The first kappa shape index (κ1) is 21.1. The van der Waals surface area contributed by atoms with Crippen molar-refractivity contribution in [2.75, 3.05) is 45.9 Å². The molecule has 2 aliphatic carbocycles. The van der Waals surface area contributed by atoms with E-state index < -0.39 is 0 Å². The Morgan fingerprint density at radius 1 is 1.07 bits per heavy atom. The van der Waals surface area contributed by atoms with Crippen molar-refractivity contribution in [3.63, 3.8) is 0 Å². The molecule has 2 aliphatic heterocycles. The lowest BCUT2D eigenvalue weighted by atomic mass is 9.98. The van der Waals surface area contributed by atoms with Crippen molar-refractivity contribution < 1.29 is 9.53 Å². The van der Waals surface area contributed by atoms with Gasteiger partial charge in [-0.15, -0.1) is 24.0 Å². The molecule has 2 saturated carbocycles. The first-order valence-corrected chi connectivity index (χ1v) is 10.7. The van der Waals surface area contributed by atoms with Crippen LogP contribution in [0, 0.1) is 17.8 Å². The molecule has 1 atom stereocenters. The number of nitrogens with zero attached hydrogens (tertiary/aromatic N) is 3. The summed E-state index contributed by atoms with van der Waals surface area (Å²) >= 11 is 0. The van der Waals surface area contributed by atoms with E-state index in [0.29, 0.717) is 0 Å². The lowest BCUT2D eigenvalue weighted by molar-refractivity contribution is -0.142. The summed E-state index contributed by atoms with van der Waals surface area (Å²) in [6, 6.07) is 0. The standard InChI is InChI=1S/C20H34N4O2.HI/c1-2-21-20(22-14-17(15-5-6-15)16-7-8-16)24-11-9-23(10-12-24)19(25)18-4-3-13-26-18;/h15-18H,2-14H2,1H3,(H,21,22);1H. The maximum Gasteiger partial charge on any atom is 0.251 e. The molecule has 1 amide bonds. The molecule has 27 heavy (non-hydrogen) atoms. The van der Waals surface area contributed by atoms with E-state index in [0.717, 1.165) is 82.4 Å². The van der Waals surface area contributed by atoms with Gasteiger partial charge in [0.05, 0.1) is 0 Å². The fraction of sp³-hybridized carbons (Fsp3) is 0.900. The highest BCUT2D eigenvalue weighted by molar-refractivity contribution is 14.0. The molecule has 0 aromatic rings. The minimum atomic E-state index is -0.193. The summed E-state index contributed by atoms with van der Waals surface area (Å²) in [6.45, 7) is 8.01. The van der Waals surface area contributed by atoms with Crippen LogP contribution in [0.1, 0.15) is 45.4 Å². The fourth-order valence-electron chi connectivity index (χ4n) is 4.46. The van der Waals surface area contributed by atoms with Gasteiger partial charge in [-0.25, -0.2) is 0 Å². The summed E-state index contributed by atoms with van der Waals surface area (Å²) in [5.74, 6) is 3.92. The zero-order valence-electron chi connectivity index (χ0n) is 16.6. The van der Waals surface area contributed by atoms with Gasteiger partial charge in [-0.3, -0.25) is 9.79 Å². The summed E-state index contributed by atoms with van der Waals surface area (Å²) in [7, 11) is 0. The zero-order valence-corrected chi connectivity index (χ0v) is 18.9. The third-order valence-corrected chi connectivity index (χ3v) is 6.34. The van der Waals surface area contributed by atoms with E-state index >= 15 is 0 Å². The summed E-state index contributed by atoms with van der Waals surface area (Å²) in [4.78, 5) is 21.8. The molecule has 4 rings (SSSR count). The first-order valence-electron chi connectivity index (χ1n) is 10.7. The van der Waals surface area contributed by atoms with Crippen LogP contribution in [-0.4, -0.2) is 73.6 Å². The number of piperazine rings is 1. The summed E-state index contributed by atoms with van der Waals surface area (Å²) in [5, 5.41) is 3.47. The quantitative estimate of drug-likeness (QED) is 0.353. The molecular formula is C20H35IN4O2. The predicted octanol–water partition coefficient (Wildman–Crippen LogP) is 2.33. The van der Waals surface area contributed by atoms with Crippen molar-refractivity contribution >= 4 is 35.8 Å². The van der Waals surface area contributed by atoms with E-state index in [2.05, 4.69) is 17.1 Å². The average Bonchev–Trinajstić information content (AvgIpc) is 3.61. The Morgan fingerprint density at radius 2 is 1.70 bits per heavy atom. The Kier molecular flexibility index (Phi) is 7.65. The van der Waals surface area contributed by atoms with Crippen molar-refractivity contribution in [3.05, 3.63) is 0 Å². The summed E-state index contributed by atoms with van der Waals surface area (Å²) in [6.07, 6.45) is 7.35. The lowest BCUT2D eigenvalue weighted by Crippen LogP contribution is -2.55. The van der Waals surface area contributed by atoms with Crippen LogP contribution in [0.3, 0.4) is 0 Å². The van der Waals surface area contributed by atoms with Crippen molar-refractivity contribution in [1.82, 2.24) is 15.1 Å². The highest BCUT2D eigenvalue weighted by Crippen LogP contribution is 2.49. The molecule has 0 aromatic carbocycles. The third kappa shape index (κ3) is 5.49. The van der Waals surface area contributed by atoms with E-state index in [1.54, 1.807) is 0 Å². The number of aliphatic imine (C=N–C) groups is 1. The molecule has 7 heteroatoms. The monoisotopic (exact) mass is 490 g/mol. The highest BCUT2D eigenvalue weighted by atomic mass is 127. The minimum Gasteiger partial charge on any atom is -0.368 e. The maximum absolute atomic E-state index is 12.5. The number of halogens is 1.